The number of hydrogen-bond acceptors (Lipinski definition) is 4. The molecule has 0 saturated carbocycles. The quantitative estimate of drug-likeness (QED) is 0.258. The third-order valence-corrected chi connectivity index (χ3v) is 4.43. The largest absolute Gasteiger partial charge is 0.285 e. The van der Waals surface area contributed by atoms with E-state index in [0.717, 1.165) is 0 Å². The molecule has 2 aromatic carbocycles. The topological polar surface area (TPSA) is 59.9 Å². The van der Waals surface area contributed by atoms with E-state index in [2.05, 4.69) is 9.97 Å². The lowest BCUT2D eigenvalue weighted by Crippen LogP contribution is -2.12. The fourth-order valence-corrected chi connectivity index (χ4v) is 2.94. The molecule has 2 aliphatic heterocycles. The molecule has 0 saturated heterocycles. The molecule has 0 fully saturated rings. The molecular weight excluding hydrogens is 466 g/mol. The van der Waals surface area contributed by atoms with Crippen molar-refractivity contribution in [2.24, 2.45) is 0 Å². The fraction of sp³-hybridized carbons (Fsp3) is 0. The van der Waals surface area contributed by atoms with Crippen LogP contribution in [0.3, 0.4) is 0 Å². The van der Waals surface area contributed by atoms with Crippen molar-refractivity contribution >= 4 is 0 Å². The van der Waals surface area contributed by atoms with Gasteiger partial charge in [-0.3, -0.25) is 9.59 Å². The molecule has 0 bridgehead atoms. The summed E-state index contributed by atoms with van der Waals surface area (Å²) in [6.45, 7) is 0. The van der Waals surface area contributed by atoms with Crippen molar-refractivity contribution in [2.45, 2.75) is 0 Å². The van der Waals surface area contributed by atoms with E-state index in [1.807, 2.05) is 0 Å². The van der Waals surface area contributed by atoms with Crippen LogP contribution in [0.5, 0.6) is 0 Å². The van der Waals surface area contributed by atoms with Gasteiger partial charge in [0.1, 0.15) is 22.1 Å². The molecule has 0 unspecified atom stereocenters. The molecule has 4 rings (SSSR count). The molecule has 14 heteroatoms. The zero-order chi connectivity index (χ0) is 23.8. The Kier molecular flexibility index (Phi) is 4.57. The molecule has 32 heavy (non-hydrogen) atoms. The maximum atomic E-state index is 14.0. The lowest BCUT2D eigenvalue weighted by atomic mass is 10.1. The van der Waals surface area contributed by atoms with Gasteiger partial charge in [-0.25, -0.2) is 53.9 Å². The summed E-state index contributed by atoms with van der Waals surface area (Å²) in [7, 11) is 0. The van der Waals surface area contributed by atoms with Gasteiger partial charge in [0.05, 0.1) is 11.1 Å². The van der Waals surface area contributed by atoms with Gasteiger partial charge >= 0.3 is 0 Å². The van der Waals surface area contributed by atoms with Crippen molar-refractivity contribution in [1.82, 2.24) is 9.97 Å². The lowest BCUT2D eigenvalue weighted by molar-refractivity contribution is 0.381. The molecule has 0 amide bonds. The summed E-state index contributed by atoms with van der Waals surface area (Å²) in [6, 6.07) is 0. The first-order valence-corrected chi connectivity index (χ1v) is 7.94. The molecule has 0 N–H and O–H groups in total. The van der Waals surface area contributed by atoms with E-state index >= 15 is 0 Å². The van der Waals surface area contributed by atoms with E-state index in [4.69, 9.17) is 0 Å². The third-order valence-electron chi connectivity index (χ3n) is 4.43. The van der Waals surface area contributed by atoms with E-state index < -0.39 is 102 Å². The van der Waals surface area contributed by atoms with Gasteiger partial charge in [0.25, 0.3) is 0 Å². The summed E-state index contributed by atoms with van der Waals surface area (Å²) >= 11 is 0. The van der Waals surface area contributed by atoms with Crippen LogP contribution < -0.4 is 10.9 Å². The zero-order valence-corrected chi connectivity index (χ0v) is 14.5. The summed E-state index contributed by atoms with van der Waals surface area (Å²) < 4.78 is 136. The molecule has 0 atom stereocenters. The van der Waals surface area contributed by atoms with E-state index in [1.165, 1.54) is 0 Å². The maximum absolute atomic E-state index is 14.0. The minimum Gasteiger partial charge on any atom is -0.285 e. The van der Waals surface area contributed by atoms with Gasteiger partial charge in [-0.1, -0.05) is 0 Å². The van der Waals surface area contributed by atoms with Crippen molar-refractivity contribution < 1.29 is 43.9 Å². The van der Waals surface area contributed by atoms with Gasteiger partial charge in [0.2, 0.25) is 22.5 Å². The van der Waals surface area contributed by atoms with Gasteiger partial charge in [-0.05, 0) is 0 Å². The van der Waals surface area contributed by atoms with Crippen LogP contribution in [0.2, 0.25) is 0 Å². The Hall–Kier alpha value is -3.84. The van der Waals surface area contributed by atoms with Crippen molar-refractivity contribution in [1.29, 1.82) is 0 Å². The Morgan fingerprint density at radius 2 is 0.594 bits per heavy atom. The average Bonchev–Trinajstić information content (AvgIpc) is 3.25. The van der Waals surface area contributed by atoms with Crippen LogP contribution in [0, 0.1) is 68.9 Å². The number of halogens is 10. The standard InChI is InChI=1S/C18F10N2O2/c19-3-1(4(20)8(24)11(27)7(3)23)13-17(31)15-16(29-13)18(32)14(30-15)2-5(21)9(25)12(28)10(26)6(2)22. The van der Waals surface area contributed by atoms with E-state index in [0.29, 0.717) is 0 Å². The van der Waals surface area contributed by atoms with Gasteiger partial charge < -0.3 is 0 Å². The number of hydrogen-bond donors (Lipinski definition) is 0. The Morgan fingerprint density at radius 1 is 0.375 bits per heavy atom. The highest BCUT2D eigenvalue weighted by atomic mass is 19.2. The minimum absolute atomic E-state index is 1.16. The van der Waals surface area contributed by atoms with Crippen molar-refractivity contribution in [3.05, 3.63) is 89.3 Å². The smallest absolute Gasteiger partial charge is 0.232 e. The third kappa shape index (κ3) is 2.58. The predicted octanol–water partition coefficient (Wildman–Crippen LogP) is 3.52. The molecule has 0 aromatic heterocycles. The second kappa shape index (κ2) is 6.83. The van der Waals surface area contributed by atoms with Gasteiger partial charge in [-0.15, -0.1) is 0 Å². The first-order chi connectivity index (χ1) is 14.9. The second-order valence-corrected chi connectivity index (χ2v) is 6.17. The molecule has 4 nitrogen and oxygen atoms in total. The van der Waals surface area contributed by atoms with Crippen molar-refractivity contribution in [3.63, 3.8) is 0 Å². The Morgan fingerprint density at radius 3 is 0.844 bits per heavy atom. The monoisotopic (exact) mass is 466 g/mol. The number of aromatic nitrogens is 2. The van der Waals surface area contributed by atoms with Crippen LogP contribution in [0.4, 0.5) is 43.9 Å². The van der Waals surface area contributed by atoms with Crippen LogP contribution in [0.15, 0.2) is 9.59 Å². The van der Waals surface area contributed by atoms with Crippen LogP contribution in [0.1, 0.15) is 0 Å². The van der Waals surface area contributed by atoms with Gasteiger partial charge in [0.15, 0.2) is 46.5 Å². The molecule has 164 valence electrons. The summed E-state index contributed by atoms with van der Waals surface area (Å²) in [5.41, 5.74) is -9.90. The number of benzene rings is 2. The molecule has 0 aliphatic carbocycles. The highest BCUT2D eigenvalue weighted by molar-refractivity contribution is 5.65. The molecule has 2 aliphatic rings. The van der Waals surface area contributed by atoms with Gasteiger partial charge in [0, 0.05) is 0 Å². The highest BCUT2D eigenvalue weighted by Crippen LogP contribution is 2.31. The Bertz CT molecular complexity index is 1450. The van der Waals surface area contributed by atoms with Gasteiger partial charge in [-0.2, -0.15) is 0 Å². The first kappa shape index (κ1) is 21.4. The predicted molar refractivity (Wildman–Crippen MR) is 82.7 cm³/mol. The molecule has 0 radical (unpaired) electrons. The van der Waals surface area contributed by atoms with E-state index in [-0.39, 0.29) is 0 Å². The number of rotatable bonds is 2. The van der Waals surface area contributed by atoms with Crippen LogP contribution in [-0.2, 0) is 0 Å². The Balaban J connectivity index is 2.05. The zero-order valence-electron chi connectivity index (χ0n) is 14.5. The number of nitrogens with zero attached hydrogens (tertiary/aromatic N) is 2. The van der Waals surface area contributed by atoms with Crippen LogP contribution in [0.25, 0.3) is 22.5 Å². The minimum atomic E-state index is -2.54. The first-order valence-electron chi connectivity index (χ1n) is 7.94. The van der Waals surface area contributed by atoms with Crippen molar-refractivity contribution in [2.75, 3.05) is 0 Å². The normalized spacial score (nSPS) is 11.7. The average molecular weight is 466 g/mol. The molecular formula is C18F10N2O2. The lowest BCUT2D eigenvalue weighted by Gasteiger charge is -2.06. The Labute approximate surface area is 166 Å². The van der Waals surface area contributed by atoms with Crippen LogP contribution in [-0.4, -0.2) is 9.97 Å². The fourth-order valence-electron chi connectivity index (χ4n) is 2.94. The van der Waals surface area contributed by atoms with E-state index in [9.17, 15) is 53.5 Å². The SMILES string of the molecule is O=c1c(-c2c(F)c(F)c(F)c(F)c2F)nc2c(=O)c(-c3c(F)c(F)c(F)c(F)c3F)nc1=2. The summed E-state index contributed by atoms with van der Waals surface area (Å²) in [4.78, 5) is 31.0. The summed E-state index contributed by atoms with van der Waals surface area (Å²) in [6.07, 6.45) is 0. The summed E-state index contributed by atoms with van der Waals surface area (Å²) in [5, 5.41) is -2.32. The molecule has 2 aromatic rings. The van der Waals surface area contributed by atoms with Crippen molar-refractivity contribution in [3.8, 4) is 22.5 Å². The highest BCUT2D eigenvalue weighted by Gasteiger charge is 2.33. The summed E-state index contributed by atoms with van der Waals surface area (Å²) in [5.74, 6) is -24.7. The molecule has 2 heterocycles. The van der Waals surface area contributed by atoms with Crippen LogP contribution >= 0.6 is 0 Å². The molecule has 0 spiro atoms. The maximum Gasteiger partial charge on any atom is 0.232 e. The second-order valence-electron chi connectivity index (χ2n) is 6.17. The van der Waals surface area contributed by atoms with E-state index in [1.54, 1.807) is 0 Å².